The lowest BCUT2D eigenvalue weighted by Gasteiger charge is -2.39. The van der Waals surface area contributed by atoms with Crippen LogP contribution in [0.3, 0.4) is 0 Å². The van der Waals surface area contributed by atoms with Gasteiger partial charge in [-0.25, -0.2) is 0 Å². The molecule has 2 aliphatic heterocycles. The van der Waals surface area contributed by atoms with Crippen LogP contribution in [0.25, 0.3) is 0 Å². The van der Waals surface area contributed by atoms with E-state index in [4.69, 9.17) is 4.74 Å². The lowest BCUT2D eigenvalue weighted by Crippen LogP contribution is -2.51. The first-order valence-corrected chi connectivity index (χ1v) is 7.75. The first-order chi connectivity index (χ1) is 8.68. The summed E-state index contributed by atoms with van der Waals surface area (Å²) in [6, 6.07) is 1.98. The van der Waals surface area contributed by atoms with Crippen LogP contribution in [-0.4, -0.2) is 49.3 Å². The van der Waals surface area contributed by atoms with Gasteiger partial charge in [-0.1, -0.05) is 6.42 Å². The van der Waals surface area contributed by atoms with E-state index in [0.717, 1.165) is 19.1 Å². The van der Waals surface area contributed by atoms with Gasteiger partial charge in [-0.2, -0.15) is 0 Å². The SMILES string of the molecule is CC(C)N(CC1CCCCN1)C(C)C1CCOC1. The topological polar surface area (TPSA) is 24.5 Å². The summed E-state index contributed by atoms with van der Waals surface area (Å²) in [4.78, 5) is 2.68. The van der Waals surface area contributed by atoms with Crippen molar-refractivity contribution in [2.24, 2.45) is 5.92 Å². The van der Waals surface area contributed by atoms with Crippen molar-refractivity contribution in [1.29, 1.82) is 0 Å². The van der Waals surface area contributed by atoms with Gasteiger partial charge < -0.3 is 10.1 Å². The van der Waals surface area contributed by atoms with E-state index in [1.807, 2.05) is 0 Å². The highest BCUT2D eigenvalue weighted by Crippen LogP contribution is 2.23. The normalized spacial score (nSPS) is 31.2. The fraction of sp³-hybridized carbons (Fsp3) is 1.00. The van der Waals surface area contributed by atoms with Crippen molar-refractivity contribution in [2.45, 2.75) is 64.6 Å². The Kier molecular flexibility index (Phi) is 5.46. The molecule has 18 heavy (non-hydrogen) atoms. The van der Waals surface area contributed by atoms with Gasteiger partial charge in [0.25, 0.3) is 0 Å². The Morgan fingerprint density at radius 3 is 2.61 bits per heavy atom. The van der Waals surface area contributed by atoms with Crippen LogP contribution >= 0.6 is 0 Å². The van der Waals surface area contributed by atoms with Crippen LogP contribution in [0.1, 0.15) is 46.5 Å². The first-order valence-electron chi connectivity index (χ1n) is 7.75. The van der Waals surface area contributed by atoms with Gasteiger partial charge in [0.05, 0.1) is 6.61 Å². The third-order valence-electron chi connectivity index (χ3n) is 4.68. The number of nitrogens with one attached hydrogen (secondary N) is 1. The highest BCUT2D eigenvalue weighted by atomic mass is 16.5. The van der Waals surface area contributed by atoms with Crippen molar-refractivity contribution < 1.29 is 4.74 Å². The molecule has 0 amide bonds. The predicted molar refractivity (Wildman–Crippen MR) is 75.9 cm³/mol. The zero-order valence-electron chi connectivity index (χ0n) is 12.3. The standard InChI is InChI=1S/C15H30N2O/c1-12(2)17(10-15-6-4-5-8-16-15)13(3)14-7-9-18-11-14/h12-16H,4-11H2,1-3H3. The highest BCUT2D eigenvalue weighted by molar-refractivity contribution is 4.84. The van der Waals surface area contributed by atoms with Crippen molar-refractivity contribution in [3.8, 4) is 0 Å². The molecule has 3 unspecified atom stereocenters. The van der Waals surface area contributed by atoms with Gasteiger partial charge in [0.15, 0.2) is 0 Å². The minimum absolute atomic E-state index is 0.629. The van der Waals surface area contributed by atoms with Crippen LogP contribution in [0.5, 0.6) is 0 Å². The molecule has 2 fully saturated rings. The molecule has 2 heterocycles. The fourth-order valence-corrected chi connectivity index (χ4v) is 3.39. The van der Waals surface area contributed by atoms with E-state index >= 15 is 0 Å². The van der Waals surface area contributed by atoms with Gasteiger partial charge in [0, 0.05) is 31.3 Å². The zero-order valence-corrected chi connectivity index (χ0v) is 12.3. The molecule has 3 nitrogen and oxygen atoms in total. The largest absolute Gasteiger partial charge is 0.381 e. The quantitative estimate of drug-likeness (QED) is 0.814. The van der Waals surface area contributed by atoms with Crippen LogP contribution < -0.4 is 5.32 Å². The Labute approximate surface area is 112 Å². The van der Waals surface area contributed by atoms with Gasteiger partial charge >= 0.3 is 0 Å². The summed E-state index contributed by atoms with van der Waals surface area (Å²) in [5.41, 5.74) is 0. The van der Waals surface area contributed by atoms with E-state index in [1.165, 1.54) is 38.8 Å². The lowest BCUT2D eigenvalue weighted by atomic mass is 9.96. The molecule has 1 N–H and O–H groups in total. The molecule has 2 aliphatic rings. The van der Waals surface area contributed by atoms with E-state index in [9.17, 15) is 0 Å². The minimum atomic E-state index is 0.629. The van der Waals surface area contributed by atoms with Crippen LogP contribution in [0.15, 0.2) is 0 Å². The van der Waals surface area contributed by atoms with E-state index in [-0.39, 0.29) is 0 Å². The number of piperidine rings is 1. The average Bonchev–Trinajstić information content (AvgIpc) is 2.90. The third kappa shape index (κ3) is 3.69. The summed E-state index contributed by atoms with van der Waals surface area (Å²) < 4.78 is 5.56. The van der Waals surface area contributed by atoms with Gasteiger partial charge in [-0.3, -0.25) is 4.90 Å². The number of hydrogen-bond acceptors (Lipinski definition) is 3. The molecular weight excluding hydrogens is 224 g/mol. The second-order valence-corrected chi connectivity index (χ2v) is 6.30. The minimum Gasteiger partial charge on any atom is -0.381 e. The summed E-state index contributed by atoms with van der Waals surface area (Å²) in [5, 5.41) is 3.68. The Hall–Kier alpha value is -0.120. The van der Waals surface area contributed by atoms with Crippen LogP contribution in [-0.2, 0) is 4.74 Å². The number of ether oxygens (including phenoxy) is 1. The van der Waals surface area contributed by atoms with Gasteiger partial charge in [0.2, 0.25) is 0 Å². The summed E-state index contributed by atoms with van der Waals surface area (Å²) in [6.45, 7) is 11.4. The van der Waals surface area contributed by atoms with Gasteiger partial charge in [-0.15, -0.1) is 0 Å². The predicted octanol–water partition coefficient (Wildman–Crippen LogP) is 2.26. The molecule has 3 heteroatoms. The van der Waals surface area contributed by atoms with E-state index in [2.05, 4.69) is 31.0 Å². The lowest BCUT2D eigenvalue weighted by molar-refractivity contribution is 0.0889. The van der Waals surface area contributed by atoms with Crippen molar-refractivity contribution in [2.75, 3.05) is 26.3 Å². The second kappa shape index (κ2) is 6.88. The molecule has 106 valence electrons. The average molecular weight is 254 g/mol. The maximum atomic E-state index is 5.56. The maximum absolute atomic E-state index is 5.56. The summed E-state index contributed by atoms with van der Waals surface area (Å²) in [5.74, 6) is 0.732. The Balaban J connectivity index is 1.89. The zero-order chi connectivity index (χ0) is 13.0. The molecule has 0 bridgehead atoms. The Morgan fingerprint density at radius 2 is 2.06 bits per heavy atom. The van der Waals surface area contributed by atoms with Crippen molar-refractivity contribution in [3.05, 3.63) is 0 Å². The molecule has 3 atom stereocenters. The number of nitrogens with zero attached hydrogens (tertiary/aromatic N) is 1. The maximum Gasteiger partial charge on any atom is 0.0509 e. The van der Waals surface area contributed by atoms with Crippen molar-refractivity contribution in [1.82, 2.24) is 10.2 Å². The molecule has 0 radical (unpaired) electrons. The Morgan fingerprint density at radius 1 is 1.22 bits per heavy atom. The van der Waals surface area contributed by atoms with E-state index < -0.39 is 0 Å². The molecule has 0 aromatic carbocycles. The van der Waals surface area contributed by atoms with Crippen molar-refractivity contribution in [3.63, 3.8) is 0 Å². The summed E-state index contributed by atoms with van der Waals surface area (Å²) >= 11 is 0. The molecule has 0 aromatic rings. The fourth-order valence-electron chi connectivity index (χ4n) is 3.39. The monoisotopic (exact) mass is 254 g/mol. The smallest absolute Gasteiger partial charge is 0.0509 e. The molecule has 0 aromatic heterocycles. The number of hydrogen-bond donors (Lipinski definition) is 1. The number of rotatable bonds is 5. The van der Waals surface area contributed by atoms with Crippen LogP contribution in [0.4, 0.5) is 0 Å². The first kappa shape index (κ1) is 14.3. The van der Waals surface area contributed by atoms with E-state index in [1.54, 1.807) is 0 Å². The van der Waals surface area contributed by atoms with E-state index in [0.29, 0.717) is 18.1 Å². The van der Waals surface area contributed by atoms with Gasteiger partial charge in [-0.05, 0) is 52.5 Å². The Bertz CT molecular complexity index is 233. The highest BCUT2D eigenvalue weighted by Gasteiger charge is 2.30. The van der Waals surface area contributed by atoms with Crippen LogP contribution in [0, 0.1) is 5.92 Å². The molecule has 0 aliphatic carbocycles. The second-order valence-electron chi connectivity index (χ2n) is 6.30. The van der Waals surface area contributed by atoms with Crippen LogP contribution in [0.2, 0.25) is 0 Å². The molecule has 0 spiro atoms. The third-order valence-corrected chi connectivity index (χ3v) is 4.68. The van der Waals surface area contributed by atoms with Gasteiger partial charge in [0.1, 0.15) is 0 Å². The summed E-state index contributed by atoms with van der Waals surface area (Å²) in [6.07, 6.45) is 5.33. The molecular formula is C15H30N2O. The summed E-state index contributed by atoms with van der Waals surface area (Å²) in [7, 11) is 0. The molecule has 0 saturated carbocycles. The molecule has 2 rings (SSSR count). The van der Waals surface area contributed by atoms with Crippen molar-refractivity contribution >= 4 is 0 Å². The molecule has 2 saturated heterocycles.